The van der Waals surface area contributed by atoms with E-state index in [4.69, 9.17) is 0 Å². The average Bonchev–Trinajstić information content (AvgIpc) is 2.30. The predicted octanol–water partition coefficient (Wildman–Crippen LogP) is 4.07. The lowest BCUT2D eigenvalue weighted by Crippen LogP contribution is -2.12. The number of benzene rings is 1. The molecule has 2 unspecified atom stereocenters. The number of rotatable bonds is 7. The molecule has 1 aromatic rings. The van der Waals surface area contributed by atoms with Crippen molar-refractivity contribution in [3.63, 3.8) is 0 Å². The first-order valence-electron chi connectivity index (χ1n) is 6.42. The van der Waals surface area contributed by atoms with Gasteiger partial charge in [-0.25, -0.2) is 0 Å². The molecule has 0 heterocycles. The van der Waals surface area contributed by atoms with Gasteiger partial charge in [-0.3, -0.25) is 4.79 Å². The summed E-state index contributed by atoms with van der Waals surface area (Å²) in [5.74, 6) is -0.444. The summed E-state index contributed by atoms with van der Waals surface area (Å²) in [7, 11) is 0. The molecule has 17 heavy (non-hydrogen) atoms. The van der Waals surface area contributed by atoms with E-state index in [9.17, 15) is 9.90 Å². The van der Waals surface area contributed by atoms with Crippen molar-refractivity contribution in [2.45, 2.75) is 45.4 Å². The van der Waals surface area contributed by atoms with E-state index in [1.807, 2.05) is 30.3 Å². The summed E-state index contributed by atoms with van der Waals surface area (Å²) in [4.78, 5) is 11.3. The molecule has 0 spiro atoms. The van der Waals surface area contributed by atoms with Gasteiger partial charge >= 0.3 is 5.97 Å². The van der Waals surface area contributed by atoms with Crippen LogP contribution in [-0.4, -0.2) is 11.1 Å². The molecule has 0 aliphatic carbocycles. The lowest BCUT2D eigenvalue weighted by Gasteiger charge is -2.15. The quantitative estimate of drug-likeness (QED) is 0.772. The van der Waals surface area contributed by atoms with Crippen molar-refractivity contribution < 1.29 is 9.90 Å². The minimum atomic E-state index is -0.708. The Morgan fingerprint density at radius 2 is 1.82 bits per heavy atom. The largest absolute Gasteiger partial charge is 0.481 e. The summed E-state index contributed by atoms with van der Waals surface area (Å²) < 4.78 is 0. The van der Waals surface area contributed by atoms with E-state index in [0.717, 1.165) is 18.4 Å². The highest BCUT2D eigenvalue weighted by Gasteiger charge is 2.19. The zero-order valence-corrected chi connectivity index (χ0v) is 10.7. The van der Waals surface area contributed by atoms with Crippen LogP contribution in [-0.2, 0) is 4.79 Å². The van der Waals surface area contributed by atoms with Gasteiger partial charge in [0.1, 0.15) is 0 Å². The average molecular weight is 234 g/mol. The molecule has 2 atom stereocenters. The van der Waals surface area contributed by atoms with Gasteiger partial charge in [-0.2, -0.15) is 0 Å². The van der Waals surface area contributed by atoms with Crippen LogP contribution in [0.4, 0.5) is 0 Å². The second-order valence-electron chi connectivity index (χ2n) is 4.77. The Bertz CT molecular complexity index is 332. The Hall–Kier alpha value is -1.31. The standard InChI is InChI=1S/C15H22O2/c1-3-7-12(2)10-11-14(15(16)17)13-8-5-4-6-9-13/h4-6,8-9,12,14H,3,7,10-11H2,1-2H3,(H,16,17). The summed E-state index contributed by atoms with van der Waals surface area (Å²) >= 11 is 0. The third kappa shape index (κ3) is 4.59. The highest BCUT2D eigenvalue weighted by Crippen LogP contribution is 2.25. The molecule has 0 aliphatic heterocycles. The zero-order valence-electron chi connectivity index (χ0n) is 10.7. The lowest BCUT2D eigenvalue weighted by molar-refractivity contribution is -0.139. The van der Waals surface area contributed by atoms with Crippen LogP contribution >= 0.6 is 0 Å². The number of aliphatic carboxylic acids is 1. The van der Waals surface area contributed by atoms with Crippen LogP contribution in [0, 0.1) is 5.92 Å². The van der Waals surface area contributed by atoms with Gasteiger partial charge in [-0.05, 0) is 24.3 Å². The van der Waals surface area contributed by atoms with Crippen molar-refractivity contribution >= 4 is 5.97 Å². The summed E-state index contributed by atoms with van der Waals surface area (Å²) in [5, 5.41) is 9.27. The van der Waals surface area contributed by atoms with Crippen molar-refractivity contribution in [3.05, 3.63) is 35.9 Å². The molecule has 1 N–H and O–H groups in total. The summed E-state index contributed by atoms with van der Waals surface area (Å²) in [6.45, 7) is 4.37. The van der Waals surface area contributed by atoms with Crippen LogP contribution in [0.5, 0.6) is 0 Å². The molecule has 0 bridgehead atoms. The monoisotopic (exact) mass is 234 g/mol. The fourth-order valence-electron chi connectivity index (χ4n) is 2.21. The molecular weight excluding hydrogens is 212 g/mol. The molecule has 0 amide bonds. The van der Waals surface area contributed by atoms with Gasteiger partial charge in [0.15, 0.2) is 0 Å². The Kier molecular flexibility index (Phi) is 5.75. The van der Waals surface area contributed by atoms with E-state index in [1.54, 1.807) is 0 Å². The second-order valence-corrected chi connectivity index (χ2v) is 4.77. The van der Waals surface area contributed by atoms with E-state index in [-0.39, 0.29) is 5.92 Å². The Balaban J connectivity index is 2.59. The lowest BCUT2D eigenvalue weighted by atomic mass is 9.89. The molecule has 1 rings (SSSR count). The number of hydrogen-bond donors (Lipinski definition) is 1. The van der Waals surface area contributed by atoms with Crippen molar-refractivity contribution in [3.8, 4) is 0 Å². The smallest absolute Gasteiger partial charge is 0.310 e. The maximum Gasteiger partial charge on any atom is 0.310 e. The van der Waals surface area contributed by atoms with Crippen molar-refractivity contribution in [2.75, 3.05) is 0 Å². The molecule has 0 radical (unpaired) electrons. The molecular formula is C15H22O2. The van der Waals surface area contributed by atoms with E-state index >= 15 is 0 Å². The molecule has 0 fully saturated rings. The number of carboxylic acid groups (broad SMARTS) is 1. The summed E-state index contributed by atoms with van der Waals surface area (Å²) in [5.41, 5.74) is 0.920. The number of carboxylic acids is 1. The highest BCUT2D eigenvalue weighted by atomic mass is 16.4. The van der Waals surface area contributed by atoms with Gasteiger partial charge in [-0.1, -0.05) is 57.0 Å². The van der Waals surface area contributed by atoms with Gasteiger partial charge in [0, 0.05) is 0 Å². The van der Waals surface area contributed by atoms with E-state index in [0.29, 0.717) is 5.92 Å². The normalized spacial score (nSPS) is 14.2. The molecule has 1 aromatic carbocycles. The summed E-state index contributed by atoms with van der Waals surface area (Å²) in [6, 6.07) is 9.54. The molecule has 2 heteroatoms. The number of carbonyl (C=O) groups is 1. The van der Waals surface area contributed by atoms with Crippen LogP contribution in [0.1, 0.15) is 51.0 Å². The maximum absolute atomic E-state index is 11.3. The van der Waals surface area contributed by atoms with Crippen LogP contribution in [0.2, 0.25) is 0 Å². The number of hydrogen-bond acceptors (Lipinski definition) is 1. The molecule has 0 saturated heterocycles. The van der Waals surface area contributed by atoms with Gasteiger partial charge in [-0.15, -0.1) is 0 Å². The van der Waals surface area contributed by atoms with Gasteiger partial charge in [0.2, 0.25) is 0 Å². The highest BCUT2D eigenvalue weighted by molar-refractivity contribution is 5.75. The topological polar surface area (TPSA) is 37.3 Å². The Morgan fingerprint density at radius 3 is 2.35 bits per heavy atom. The summed E-state index contributed by atoms with van der Waals surface area (Å²) in [6.07, 6.45) is 4.07. The van der Waals surface area contributed by atoms with Gasteiger partial charge in [0.05, 0.1) is 5.92 Å². The fourth-order valence-corrected chi connectivity index (χ4v) is 2.21. The third-order valence-corrected chi connectivity index (χ3v) is 3.23. The first kappa shape index (κ1) is 13.8. The van der Waals surface area contributed by atoms with Crippen molar-refractivity contribution in [1.82, 2.24) is 0 Å². The maximum atomic E-state index is 11.3. The van der Waals surface area contributed by atoms with E-state index < -0.39 is 5.97 Å². The van der Waals surface area contributed by atoms with Crippen LogP contribution in [0.3, 0.4) is 0 Å². The van der Waals surface area contributed by atoms with E-state index in [1.165, 1.54) is 12.8 Å². The second kappa shape index (κ2) is 7.10. The van der Waals surface area contributed by atoms with Crippen LogP contribution in [0.25, 0.3) is 0 Å². The first-order chi connectivity index (χ1) is 8.15. The molecule has 0 saturated carbocycles. The predicted molar refractivity (Wildman–Crippen MR) is 70.1 cm³/mol. The van der Waals surface area contributed by atoms with Crippen molar-refractivity contribution in [1.29, 1.82) is 0 Å². The first-order valence-corrected chi connectivity index (χ1v) is 6.42. The van der Waals surface area contributed by atoms with Gasteiger partial charge < -0.3 is 5.11 Å². The van der Waals surface area contributed by atoms with Gasteiger partial charge in [0.25, 0.3) is 0 Å². The minimum Gasteiger partial charge on any atom is -0.481 e. The third-order valence-electron chi connectivity index (χ3n) is 3.23. The molecule has 0 aliphatic rings. The molecule has 2 nitrogen and oxygen atoms in total. The Labute approximate surface area is 104 Å². The van der Waals surface area contributed by atoms with Crippen LogP contribution < -0.4 is 0 Å². The SMILES string of the molecule is CCCC(C)CCC(C(=O)O)c1ccccc1. The molecule has 94 valence electrons. The van der Waals surface area contributed by atoms with Crippen LogP contribution in [0.15, 0.2) is 30.3 Å². The minimum absolute atomic E-state index is 0.351. The molecule has 0 aromatic heterocycles. The fraction of sp³-hybridized carbons (Fsp3) is 0.533. The van der Waals surface area contributed by atoms with Crippen molar-refractivity contribution in [2.24, 2.45) is 5.92 Å². The zero-order chi connectivity index (χ0) is 12.7. The van der Waals surface area contributed by atoms with E-state index in [2.05, 4.69) is 13.8 Å². The Morgan fingerprint density at radius 1 is 1.18 bits per heavy atom.